The van der Waals surface area contributed by atoms with Gasteiger partial charge in [0.2, 0.25) is 11.8 Å². The topological polar surface area (TPSA) is 75.4 Å². The Morgan fingerprint density at radius 3 is 2.57 bits per heavy atom. The van der Waals surface area contributed by atoms with E-state index in [0.717, 1.165) is 5.69 Å². The Morgan fingerprint density at radius 2 is 2.00 bits per heavy atom. The van der Waals surface area contributed by atoms with Crippen LogP contribution in [0.5, 0.6) is 0 Å². The van der Waals surface area contributed by atoms with Gasteiger partial charge in [-0.3, -0.25) is 9.59 Å². The Kier molecular flexibility index (Phi) is 4.71. The number of hydrogen-bond donors (Lipinski definition) is 1. The van der Waals surface area contributed by atoms with E-state index in [2.05, 4.69) is 10.5 Å². The molecule has 0 saturated heterocycles. The van der Waals surface area contributed by atoms with Crippen LogP contribution in [0, 0.1) is 6.92 Å². The van der Waals surface area contributed by atoms with E-state index in [1.54, 1.807) is 17.9 Å². The van der Waals surface area contributed by atoms with Crippen molar-refractivity contribution in [2.45, 2.75) is 20.3 Å². The summed E-state index contributed by atoms with van der Waals surface area (Å²) in [6, 6.07) is 10.9. The summed E-state index contributed by atoms with van der Waals surface area (Å²) in [4.78, 5) is 25.1. The molecule has 2 amide bonds. The van der Waals surface area contributed by atoms with E-state index in [1.165, 1.54) is 6.92 Å². The SMILES string of the molecule is CC(=O)N(CCC(=O)Nc1cc(C)on1)c1ccccc1. The fraction of sp³-hybridized carbons (Fsp3) is 0.267. The van der Waals surface area contributed by atoms with Crippen LogP contribution < -0.4 is 10.2 Å². The summed E-state index contributed by atoms with van der Waals surface area (Å²) in [5.41, 5.74) is 0.773. The molecule has 0 radical (unpaired) electrons. The van der Waals surface area contributed by atoms with Gasteiger partial charge in [0.05, 0.1) is 0 Å². The molecule has 6 heteroatoms. The number of nitrogens with zero attached hydrogens (tertiary/aromatic N) is 2. The monoisotopic (exact) mass is 287 g/mol. The number of hydrogen-bond acceptors (Lipinski definition) is 4. The van der Waals surface area contributed by atoms with Crippen LogP contribution >= 0.6 is 0 Å². The van der Waals surface area contributed by atoms with Gasteiger partial charge in [0.25, 0.3) is 0 Å². The normalized spacial score (nSPS) is 10.2. The molecule has 0 aliphatic rings. The van der Waals surface area contributed by atoms with Crippen LogP contribution in [0.25, 0.3) is 0 Å². The average molecular weight is 287 g/mol. The number of amides is 2. The second kappa shape index (κ2) is 6.69. The molecule has 0 saturated carbocycles. The lowest BCUT2D eigenvalue weighted by atomic mass is 10.2. The molecule has 1 N–H and O–H groups in total. The summed E-state index contributed by atoms with van der Waals surface area (Å²) in [7, 11) is 0. The lowest BCUT2D eigenvalue weighted by Gasteiger charge is -2.20. The van der Waals surface area contributed by atoms with Crippen LogP contribution in [0.2, 0.25) is 0 Å². The number of nitrogens with one attached hydrogen (secondary N) is 1. The van der Waals surface area contributed by atoms with Gasteiger partial charge in [0.15, 0.2) is 5.82 Å². The first kappa shape index (κ1) is 14.8. The van der Waals surface area contributed by atoms with Crippen LogP contribution in [-0.2, 0) is 9.59 Å². The van der Waals surface area contributed by atoms with Gasteiger partial charge in [0.1, 0.15) is 5.76 Å². The Hall–Kier alpha value is -2.63. The van der Waals surface area contributed by atoms with E-state index in [1.807, 2.05) is 30.3 Å². The van der Waals surface area contributed by atoms with Crippen molar-refractivity contribution < 1.29 is 14.1 Å². The standard InChI is InChI=1S/C15H17N3O3/c1-11-10-14(17-21-11)16-15(20)8-9-18(12(2)19)13-6-4-3-5-7-13/h3-7,10H,8-9H2,1-2H3,(H,16,17,20). The van der Waals surface area contributed by atoms with E-state index in [0.29, 0.717) is 18.1 Å². The molecular formula is C15H17N3O3. The van der Waals surface area contributed by atoms with Crippen molar-refractivity contribution in [3.05, 3.63) is 42.2 Å². The Morgan fingerprint density at radius 1 is 1.29 bits per heavy atom. The third kappa shape index (κ3) is 4.17. The molecule has 1 heterocycles. The summed E-state index contributed by atoms with van der Waals surface area (Å²) >= 11 is 0. The number of carbonyl (C=O) groups is 2. The average Bonchev–Trinajstić information content (AvgIpc) is 2.85. The zero-order valence-corrected chi connectivity index (χ0v) is 12.0. The highest BCUT2D eigenvalue weighted by molar-refractivity contribution is 5.94. The summed E-state index contributed by atoms with van der Waals surface area (Å²) in [6.07, 6.45) is 0.181. The lowest BCUT2D eigenvalue weighted by Crippen LogP contribution is -2.31. The quantitative estimate of drug-likeness (QED) is 0.916. The van der Waals surface area contributed by atoms with Crippen LogP contribution in [0.15, 0.2) is 40.9 Å². The summed E-state index contributed by atoms with van der Waals surface area (Å²) in [6.45, 7) is 3.53. The molecule has 21 heavy (non-hydrogen) atoms. The van der Waals surface area contributed by atoms with Gasteiger partial charge >= 0.3 is 0 Å². The number of carbonyl (C=O) groups excluding carboxylic acids is 2. The van der Waals surface area contributed by atoms with Crippen molar-refractivity contribution in [1.82, 2.24) is 5.16 Å². The number of benzene rings is 1. The third-order valence-electron chi connectivity index (χ3n) is 2.91. The van der Waals surface area contributed by atoms with E-state index in [-0.39, 0.29) is 18.2 Å². The lowest BCUT2D eigenvalue weighted by molar-refractivity contribution is -0.117. The minimum Gasteiger partial charge on any atom is -0.360 e. The zero-order chi connectivity index (χ0) is 15.2. The third-order valence-corrected chi connectivity index (χ3v) is 2.91. The first-order valence-electron chi connectivity index (χ1n) is 6.62. The first-order chi connectivity index (χ1) is 10.1. The molecule has 1 aromatic heterocycles. The maximum atomic E-state index is 11.8. The molecule has 0 spiro atoms. The first-order valence-corrected chi connectivity index (χ1v) is 6.62. The molecule has 0 atom stereocenters. The molecule has 0 fully saturated rings. The molecule has 2 rings (SSSR count). The fourth-order valence-electron chi connectivity index (χ4n) is 1.92. The predicted octanol–water partition coefficient (Wildman–Crippen LogP) is 2.36. The van der Waals surface area contributed by atoms with Crippen LogP contribution in [0.3, 0.4) is 0 Å². The van der Waals surface area contributed by atoms with E-state index in [9.17, 15) is 9.59 Å². The second-order valence-corrected chi connectivity index (χ2v) is 4.63. The van der Waals surface area contributed by atoms with E-state index < -0.39 is 0 Å². The number of anilines is 2. The smallest absolute Gasteiger partial charge is 0.227 e. The van der Waals surface area contributed by atoms with Crippen LogP contribution in [0.4, 0.5) is 11.5 Å². The van der Waals surface area contributed by atoms with Gasteiger partial charge < -0.3 is 14.7 Å². The van der Waals surface area contributed by atoms with Gasteiger partial charge in [0, 0.05) is 31.6 Å². The van der Waals surface area contributed by atoms with Crippen molar-refractivity contribution in [3.8, 4) is 0 Å². The van der Waals surface area contributed by atoms with Gasteiger partial charge in [-0.05, 0) is 19.1 Å². The minimum absolute atomic E-state index is 0.105. The molecule has 110 valence electrons. The highest BCUT2D eigenvalue weighted by Gasteiger charge is 2.13. The van der Waals surface area contributed by atoms with E-state index in [4.69, 9.17) is 4.52 Å². The number of rotatable bonds is 5. The molecule has 0 aliphatic carbocycles. The number of aryl methyl sites for hydroxylation is 1. The van der Waals surface area contributed by atoms with Crippen molar-refractivity contribution in [2.75, 3.05) is 16.8 Å². The van der Waals surface area contributed by atoms with Crippen molar-refractivity contribution in [1.29, 1.82) is 0 Å². The zero-order valence-electron chi connectivity index (χ0n) is 12.0. The largest absolute Gasteiger partial charge is 0.360 e. The summed E-state index contributed by atoms with van der Waals surface area (Å²) in [5.74, 6) is 0.684. The van der Waals surface area contributed by atoms with Gasteiger partial charge in [-0.2, -0.15) is 0 Å². The van der Waals surface area contributed by atoms with Gasteiger partial charge in [-0.15, -0.1) is 0 Å². The van der Waals surface area contributed by atoms with Crippen LogP contribution in [-0.4, -0.2) is 23.5 Å². The summed E-state index contributed by atoms with van der Waals surface area (Å²) in [5, 5.41) is 6.32. The van der Waals surface area contributed by atoms with Crippen molar-refractivity contribution in [2.24, 2.45) is 0 Å². The number of para-hydroxylation sites is 1. The second-order valence-electron chi connectivity index (χ2n) is 4.63. The Bertz CT molecular complexity index is 622. The highest BCUT2D eigenvalue weighted by Crippen LogP contribution is 2.14. The molecule has 0 bridgehead atoms. The van der Waals surface area contributed by atoms with E-state index >= 15 is 0 Å². The molecule has 0 unspecified atom stereocenters. The minimum atomic E-state index is -0.217. The van der Waals surface area contributed by atoms with Crippen molar-refractivity contribution >= 4 is 23.3 Å². The Balaban J connectivity index is 1.93. The highest BCUT2D eigenvalue weighted by atomic mass is 16.5. The number of aromatic nitrogens is 1. The summed E-state index contributed by atoms with van der Waals surface area (Å²) < 4.78 is 4.87. The van der Waals surface area contributed by atoms with Crippen LogP contribution in [0.1, 0.15) is 19.1 Å². The molecule has 0 aliphatic heterocycles. The molecule has 6 nitrogen and oxygen atoms in total. The maximum Gasteiger partial charge on any atom is 0.227 e. The molecule has 2 aromatic rings. The Labute approximate surface area is 122 Å². The predicted molar refractivity (Wildman–Crippen MR) is 79.0 cm³/mol. The molecular weight excluding hydrogens is 270 g/mol. The fourth-order valence-corrected chi connectivity index (χ4v) is 1.92. The van der Waals surface area contributed by atoms with Crippen molar-refractivity contribution in [3.63, 3.8) is 0 Å². The maximum absolute atomic E-state index is 11.8. The van der Waals surface area contributed by atoms with Gasteiger partial charge in [-0.1, -0.05) is 23.4 Å². The molecule has 1 aromatic carbocycles. The van der Waals surface area contributed by atoms with Gasteiger partial charge in [-0.25, -0.2) is 0 Å².